The normalized spacial score (nSPS) is 15.3. The molecule has 1 aromatic heterocycles. The van der Waals surface area contributed by atoms with E-state index in [2.05, 4.69) is 42.6 Å². The van der Waals surface area contributed by atoms with Gasteiger partial charge in [0.05, 0.1) is 20.3 Å². The predicted molar refractivity (Wildman–Crippen MR) is 143 cm³/mol. The molecule has 0 spiro atoms. The van der Waals surface area contributed by atoms with Crippen LogP contribution in [0.2, 0.25) is 0 Å². The number of thiophene rings is 1. The zero-order valence-corrected chi connectivity index (χ0v) is 22.6. The van der Waals surface area contributed by atoms with Crippen LogP contribution in [0.25, 0.3) is 0 Å². The maximum Gasteiger partial charge on any atom is 0.255 e. The maximum atomic E-state index is 13.9. The van der Waals surface area contributed by atoms with Gasteiger partial charge < -0.3 is 19.3 Å². The van der Waals surface area contributed by atoms with E-state index in [1.807, 2.05) is 25.7 Å². The van der Waals surface area contributed by atoms with E-state index >= 15 is 0 Å². The van der Waals surface area contributed by atoms with E-state index in [1.165, 1.54) is 16.0 Å². The highest BCUT2D eigenvalue weighted by Gasteiger charge is 2.36. The van der Waals surface area contributed by atoms with Gasteiger partial charge in [-0.05, 0) is 68.8 Å². The van der Waals surface area contributed by atoms with Crippen molar-refractivity contribution in [3.8, 4) is 11.5 Å². The van der Waals surface area contributed by atoms with Gasteiger partial charge in [-0.3, -0.25) is 9.59 Å². The first-order valence-corrected chi connectivity index (χ1v) is 13.0. The van der Waals surface area contributed by atoms with Crippen molar-refractivity contribution >= 4 is 23.2 Å². The van der Waals surface area contributed by atoms with Crippen molar-refractivity contribution < 1.29 is 19.1 Å². The zero-order valence-electron chi connectivity index (χ0n) is 21.8. The van der Waals surface area contributed by atoms with E-state index in [-0.39, 0.29) is 24.4 Å². The molecule has 7 heteroatoms. The van der Waals surface area contributed by atoms with Crippen molar-refractivity contribution in [2.45, 2.75) is 45.7 Å². The number of aryl methyl sites for hydroxylation is 1. The Morgan fingerprint density at radius 2 is 1.67 bits per heavy atom. The van der Waals surface area contributed by atoms with Crippen molar-refractivity contribution in [1.82, 2.24) is 9.80 Å². The lowest BCUT2D eigenvalue weighted by atomic mass is 9.92. The van der Waals surface area contributed by atoms with Gasteiger partial charge in [0.15, 0.2) is 0 Å². The number of carbonyl (C=O) groups is 2. The Labute approximate surface area is 217 Å². The van der Waals surface area contributed by atoms with Gasteiger partial charge in [0.25, 0.3) is 5.91 Å². The smallest absolute Gasteiger partial charge is 0.255 e. The van der Waals surface area contributed by atoms with E-state index in [1.54, 1.807) is 48.7 Å². The van der Waals surface area contributed by atoms with Crippen LogP contribution in [0.15, 0.2) is 53.9 Å². The summed E-state index contributed by atoms with van der Waals surface area (Å²) in [7, 11) is 3.10. The fourth-order valence-corrected chi connectivity index (χ4v) is 5.52. The lowest BCUT2D eigenvalue weighted by Crippen LogP contribution is -2.52. The maximum absolute atomic E-state index is 13.9. The summed E-state index contributed by atoms with van der Waals surface area (Å²) in [5.74, 6) is 0.736. The van der Waals surface area contributed by atoms with Gasteiger partial charge in [-0.25, -0.2) is 0 Å². The molecule has 0 N–H and O–H groups in total. The second kappa shape index (κ2) is 10.3. The number of benzene rings is 2. The molecule has 0 bridgehead atoms. The summed E-state index contributed by atoms with van der Waals surface area (Å²) in [4.78, 5) is 32.5. The quantitative estimate of drug-likeness (QED) is 0.444. The molecule has 1 unspecified atom stereocenters. The van der Waals surface area contributed by atoms with Gasteiger partial charge in [0.2, 0.25) is 5.91 Å². The Morgan fingerprint density at radius 1 is 1.03 bits per heavy atom. The third-order valence-corrected chi connectivity index (χ3v) is 7.62. The number of rotatable bonds is 6. The van der Waals surface area contributed by atoms with Crippen LogP contribution in [0.1, 0.15) is 58.7 Å². The molecule has 1 atom stereocenters. The summed E-state index contributed by atoms with van der Waals surface area (Å²) < 4.78 is 10.7. The standard InChI is InChI=1S/C29H34N2O4S/c1-19-7-9-20(10-8-19)27-24-12-14-36-25(24)11-13-30(27)26(32)18-31(29(2,3)4)28(33)21-15-22(34-5)17-23(16-21)35-6/h7-10,12,14-17,27H,11,13,18H2,1-6H3. The van der Waals surface area contributed by atoms with Gasteiger partial charge >= 0.3 is 0 Å². The molecule has 2 aromatic carbocycles. The third kappa shape index (κ3) is 5.26. The van der Waals surface area contributed by atoms with Crippen molar-refractivity contribution in [2.75, 3.05) is 27.3 Å². The van der Waals surface area contributed by atoms with Crippen molar-refractivity contribution in [3.63, 3.8) is 0 Å². The Kier molecular flexibility index (Phi) is 7.41. The highest BCUT2D eigenvalue weighted by atomic mass is 32.1. The second-order valence-corrected chi connectivity index (χ2v) is 11.1. The molecule has 2 heterocycles. The molecule has 190 valence electrons. The van der Waals surface area contributed by atoms with Crippen LogP contribution in [-0.2, 0) is 11.2 Å². The van der Waals surface area contributed by atoms with E-state index in [0.29, 0.717) is 23.6 Å². The Hall–Kier alpha value is -3.32. The average molecular weight is 507 g/mol. The van der Waals surface area contributed by atoms with E-state index in [0.717, 1.165) is 12.0 Å². The molecule has 0 fully saturated rings. The first-order chi connectivity index (χ1) is 17.1. The van der Waals surface area contributed by atoms with Crippen LogP contribution in [0.3, 0.4) is 0 Å². The number of ether oxygens (including phenoxy) is 2. The van der Waals surface area contributed by atoms with Crippen molar-refractivity contribution in [1.29, 1.82) is 0 Å². The average Bonchev–Trinajstić information content (AvgIpc) is 3.34. The van der Waals surface area contributed by atoms with Crippen LogP contribution in [-0.4, -0.2) is 54.5 Å². The summed E-state index contributed by atoms with van der Waals surface area (Å²) in [6.45, 7) is 8.48. The molecule has 4 rings (SSSR count). The molecule has 0 aliphatic carbocycles. The first-order valence-electron chi connectivity index (χ1n) is 12.1. The molecular formula is C29H34N2O4S. The molecule has 3 aromatic rings. The van der Waals surface area contributed by atoms with Crippen LogP contribution >= 0.6 is 11.3 Å². The van der Waals surface area contributed by atoms with Crippen LogP contribution < -0.4 is 9.47 Å². The highest BCUT2D eigenvalue weighted by Crippen LogP contribution is 2.38. The number of nitrogens with zero attached hydrogens (tertiary/aromatic N) is 2. The summed E-state index contributed by atoms with van der Waals surface area (Å²) in [5, 5.41) is 2.10. The fourth-order valence-electron chi connectivity index (χ4n) is 4.62. The summed E-state index contributed by atoms with van der Waals surface area (Å²) in [6, 6.07) is 15.4. The van der Waals surface area contributed by atoms with Crippen LogP contribution in [0.4, 0.5) is 0 Å². The highest BCUT2D eigenvalue weighted by molar-refractivity contribution is 7.10. The first kappa shape index (κ1) is 25.8. The molecule has 0 saturated carbocycles. The van der Waals surface area contributed by atoms with Crippen molar-refractivity contribution in [3.05, 3.63) is 81.0 Å². The topological polar surface area (TPSA) is 59.1 Å². The number of carbonyl (C=O) groups excluding carboxylic acids is 2. The monoisotopic (exact) mass is 506 g/mol. The van der Waals surface area contributed by atoms with Crippen LogP contribution in [0, 0.1) is 6.92 Å². The predicted octanol–water partition coefficient (Wildman–Crippen LogP) is 5.49. The fraction of sp³-hybridized carbons (Fsp3) is 0.379. The van der Waals surface area contributed by atoms with Crippen molar-refractivity contribution in [2.24, 2.45) is 0 Å². The van der Waals surface area contributed by atoms with Gasteiger partial charge in [0.1, 0.15) is 18.0 Å². The SMILES string of the molecule is COc1cc(OC)cc(C(=O)N(CC(=O)N2CCc3sccc3C2c2ccc(C)cc2)C(C)(C)C)c1. The van der Waals surface area contributed by atoms with Gasteiger partial charge in [-0.1, -0.05) is 29.8 Å². The Bertz CT molecular complexity index is 1220. The van der Waals surface area contributed by atoms with Gasteiger partial charge in [0, 0.05) is 28.6 Å². The number of fused-ring (bicyclic) bond motifs is 1. The molecule has 0 radical (unpaired) electrons. The summed E-state index contributed by atoms with van der Waals surface area (Å²) >= 11 is 1.74. The third-order valence-electron chi connectivity index (χ3n) is 6.63. The molecule has 0 saturated heterocycles. The molecule has 2 amide bonds. The molecule has 36 heavy (non-hydrogen) atoms. The minimum absolute atomic E-state index is 0.0241. The lowest BCUT2D eigenvalue weighted by Gasteiger charge is -2.40. The molecule has 1 aliphatic rings. The number of methoxy groups -OCH3 is 2. The lowest BCUT2D eigenvalue weighted by molar-refractivity contribution is -0.135. The Morgan fingerprint density at radius 3 is 2.25 bits per heavy atom. The number of amides is 2. The van der Waals surface area contributed by atoms with Crippen LogP contribution in [0.5, 0.6) is 11.5 Å². The summed E-state index contributed by atoms with van der Waals surface area (Å²) in [5.41, 5.74) is 3.28. The second-order valence-electron chi connectivity index (χ2n) is 10.1. The molecule has 1 aliphatic heterocycles. The zero-order chi connectivity index (χ0) is 26.0. The van der Waals surface area contributed by atoms with E-state index in [9.17, 15) is 9.59 Å². The largest absolute Gasteiger partial charge is 0.497 e. The van der Waals surface area contributed by atoms with Gasteiger partial charge in [-0.2, -0.15) is 0 Å². The van der Waals surface area contributed by atoms with Gasteiger partial charge in [-0.15, -0.1) is 11.3 Å². The molecule has 6 nitrogen and oxygen atoms in total. The van der Waals surface area contributed by atoms with E-state index in [4.69, 9.17) is 9.47 Å². The number of hydrogen-bond acceptors (Lipinski definition) is 5. The minimum Gasteiger partial charge on any atom is -0.497 e. The minimum atomic E-state index is -0.578. The Balaban J connectivity index is 1.66. The summed E-state index contributed by atoms with van der Waals surface area (Å²) in [6.07, 6.45) is 0.817. The van der Waals surface area contributed by atoms with E-state index < -0.39 is 5.54 Å². The number of hydrogen-bond donors (Lipinski definition) is 0. The molecular weight excluding hydrogens is 472 g/mol.